The Balaban J connectivity index is 2.33. The first kappa shape index (κ1) is 17.9. The number of aryl methyl sites for hydroxylation is 1. The first-order valence-corrected chi connectivity index (χ1v) is 9.69. The van der Waals surface area contributed by atoms with Crippen LogP contribution in [0.3, 0.4) is 0 Å². The predicted octanol–water partition coefficient (Wildman–Crippen LogP) is 1.46. The van der Waals surface area contributed by atoms with Gasteiger partial charge in [0.1, 0.15) is 0 Å². The number of rotatable bonds is 6. The fourth-order valence-corrected chi connectivity index (χ4v) is 4.16. The number of aromatic nitrogens is 2. The second-order valence-corrected chi connectivity index (χ2v) is 7.90. The molecule has 130 valence electrons. The molecule has 0 spiro atoms. The van der Waals surface area contributed by atoms with Gasteiger partial charge < -0.3 is 5.32 Å². The van der Waals surface area contributed by atoms with Crippen molar-refractivity contribution in [3.8, 4) is 0 Å². The van der Waals surface area contributed by atoms with Gasteiger partial charge in [-0.25, -0.2) is 8.42 Å². The highest BCUT2D eigenvalue weighted by Gasteiger charge is 2.34. The number of nitrogens with one attached hydrogen (secondary N) is 1. The van der Waals surface area contributed by atoms with Gasteiger partial charge in [0.25, 0.3) is 15.9 Å². The Kier molecular flexibility index (Phi) is 5.80. The second kappa shape index (κ2) is 7.44. The zero-order valence-electron chi connectivity index (χ0n) is 14.1. The molecule has 7 nitrogen and oxygen atoms in total. The first-order valence-electron chi connectivity index (χ1n) is 8.25. The van der Waals surface area contributed by atoms with Gasteiger partial charge in [0.15, 0.2) is 0 Å². The summed E-state index contributed by atoms with van der Waals surface area (Å²) in [6, 6.07) is 0. The van der Waals surface area contributed by atoms with Crippen molar-refractivity contribution in [3.63, 3.8) is 0 Å². The molecule has 1 aliphatic rings. The van der Waals surface area contributed by atoms with E-state index in [4.69, 9.17) is 0 Å². The van der Waals surface area contributed by atoms with Crippen LogP contribution < -0.4 is 5.32 Å². The van der Waals surface area contributed by atoms with Crippen LogP contribution in [0.5, 0.6) is 0 Å². The fraction of sp³-hybridized carbons (Fsp3) is 0.733. The first-order chi connectivity index (χ1) is 10.9. The Hall–Kier alpha value is -1.41. The Morgan fingerprint density at radius 1 is 1.35 bits per heavy atom. The summed E-state index contributed by atoms with van der Waals surface area (Å²) in [5.41, 5.74) is 0.138. The summed E-state index contributed by atoms with van der Waals surface area (Å²) in [5, 5.41) is 6.76. The van der Waals surface area contributed by atoms with E-state index in [2.05, 4.69) is 17.3 Å². The van der Waals surface area contributed by atoms with Gasteiger partial charge in [-0.15, -0.1) is 0 Å². The molecule has 1 amide bonds. The average molecular weight is 342 g/mol. The highest BCUT2D eigenvalue weighted by Crippen LogP contribution is 2.24. The molecule has 2 heterocycles. The van der Waals surface area contributed by atoms with E-state index in [-0.39, 0.29) is 16.5 Å². The van der Waals surface area contributed by atoms with Crippen molar-refractivity contribution in [1.82, 2.24) is 19.4 Å². The zero-order valence-corrected chi connectivity index (χ0v) is 14.9. The summed E-state index contributed by atoms with van der Waals surface area (Å²) in [4.78, 5) is 12.3. The summed E-state index contributed by atoms with van der Waals surface area (Å²) in [5.74, 6) is 0.150. The van der Waals surface area contributed by atoms with Crippen molar-refractivity contribution in [2.24, 2.45) is 5.92 Å². The molecule has 0 unspecified atom stereocenters. The molecule has 1 aromatic heterocycles. The molecule has 0 atom stereocenters. The van der Waals surface area contributed by atoms with Gasteiger partial charge in [-0.3, -0.25) is 9.48 Å². The third-order valence-corrected chi connectivity index (χ3v) is 5.99. The lowest BCUT2D eigenvalue weighted by Crippen LogP contribution is -2.39. The number of amides is 1. The van der Waals surface area contributed by atoms with Crippen molar-refractivity contribution in [2.75, 3.05) is 19.6 Å². The molecule has 0 radical (unpaired) electrons. The lowest BCUT2D eigenvalue weighted by Gasteiger charge is -2.28. The van der Waals surface area contributed by atoms with Crippen molar-refractivity contribution in [1.29, 1.82) is 0 Å². The van der Waals surface area contributed by atoms with Crippen LogP contribution in [0.2, 0.25) is 0 Å². The van der Waals surface area contributed by atoms with Crippen LogP contribution in [-0.2, 0) is 16.6 Å². The largest absolute Gasteiger partial charge is 0.352 e. The molecular formula is C15H26N4O3S. The molecule has 0 bridgehead atoms. The van der Waals surface area contributed by atoms with Crippen molar-refractivity contribution in [2.45, 2.75) is 51.6 Å². The van der Waals surface area contributed by atoms with Crippen molar-refractivity contribution in [3.05, 3.63) is 11.8 Å². The minimum Gasteiger partial charge on any atom is -0.352 e. The normalized spacial score (nSPS) is 17.3. The smallest absolute Gasteiger partial charge is 0.263 e. The van der Waals surface area contributed by atoms with Gasteiger partial charge in [-0.2, -0.15) is 9.40 Å². The number of sulfonamides is 1. The molecule has 2 rings (SSSR count). The Morgan fingerprint density at radius 3 is 2.57 bits per heavy atom. The van der Waals surface area contributed by atoms with Crippen LogP contribution in [0.25, 0.3) is 0 Å². The Labute approximate surface area is 138 Å². The van der Waals surface area contributed by atoms with Crippen LogP contribution in [0.15, 0.2) is 11.2 Å². The maximum absolute atomic E-state index is 12.9. The van der Waals surface area contributed by atoms with Gasteiger partial charge >= 0.3 is 0 Å². The molecule has 0 aliphatic carbocycles. The molecule has 1 aromatic rings. The number of piperidine rings is 1. The lowest BCUT2D eigenvalue weighted by molar-refractivity contribution is 0.0950. The molecular weight excluding hydrogens is 316 g/mol. The topological polar surface area (TPSA) is 84.3 Å². The molecule has 23 heavy (non-hydrogen) atoms. The second-order valence-electron chi connectivity index (χ2n) is 6.05. The van der Waals surface area contributed by atoms with Crippen LogP contribution >= 0.6 is 0 Å². The molecule has 1 saturated heterocycles. The van der Waals surface area contributed by atoms with Crippen molar-refractivity contribution >= 4 is 15.9 Å². The minimum atomic E-state index is -3.73. The number of hydrogen-bond acceptors (Lipinski definition) is 4. The van der Waals surface area contributed by atoms with Gasteiger partial charge in [0.05, 0.1) is 5.56 Å². The zero-order chi connectivity index (χ0) is 17.0. The van der Waals surface area contributed by atoms with Crippen LogP contribution in [0, 0.1) is 5.92 Å². The van der Waals surface area contributed by atoms with Gasteiger partial charge in [0, 0.05) is 32.4 Å². The summed E-state index contributed by atoms with van der Waals surface area (Å²) in [6.45, 7) is 7.93. The van der Waals surface area contributed by atoms with E-state index >= 15 is 0 Å². The minimum absolute atomic E-state index is 0.123. The summed E-state index contributed by atoms with van der Waals surface area (Å²) < 4.78 is 28.7. The quantitative estimate of drug-likeness (QED) is 0.848. The van der Waals surface area contributed by atoms with Gasteiger partial charge in [-0.05, 0) is 32.1 Å². The monoisotopic (exact) mass is 342 g/mol. The predicted molar refractivity (Wildman–Crippen MR) is 87.7 cm³/mol. The SMILES string of the molecule is CCCNC(=O)c1cn(CC)nc1S(=O)(=O)N1CCC(C)CC1. The number of hydrogen-bond donors (Lipinski definition) is 1. The molecule has 8 heteroatoms. The molecule has 1 N–H and O–H groups in total. The third-order valence-electron chi connectivity index (χ3n) is 4.16. The van der Waals surface area contributed by atoms with E-state index in [0.717, 1.165) is 19.3 Å². The van der Waals surface area contributed by atoms with Crippen molar-refractivity contribution < 1.29 is 13.2 Å². The number of carbonyl (C=O) groups is 1. The third kappa shape index (κ3) is 3.92. The molecule has 1 aliphatic heterocycles. The number of carbonyl (C=O) groups excluding carboxylic acids is 1. The van der Waals surface area contributed by atoms with E-state index in [9.17, 15) is 13.2 Å². The summed E-state index contributed by atoms with van der Waals surface area (Å²) in [7, 11) is -3.73. The lowest BCUT2D eigenvalue weighted by atomic mass is 10.0. The van der Waals surface area contributed by atoms with Crippen LogP contribution in [-0.4, -0.2) is 48.0 Å². The highest BCUT2D eigenvalue weighted by atomic mass is 32.2. The highest BCUT2D eigenvalue weighted by molar-refractivity contribution is 7.89. The Morgan fingerprint density at radius 2 is 2.00 bits per heavy atom. The molecule has 0 aromatic carbocycles. The Bertz CT molecular complexity index is 646. The van der Waals surface area contributed by atoms with E-state index in [1.165, 1.54) is 15.2 Å². The number of nitrogens with zero attached hydrogens (tertiary/aromatic N) is 3. The fourth-order valence-electron chi connectivity index (χ4n) is 2.59. The molecule has 1 fully saturated rings. The van der Waals surface area contributed by atoms with Crippen LogP contribution in [0.4, 0.5) is 0 Å². The van der Waals surface area contributed by atoms with Gasteiger partial charge in [0.2, 0.25) is 5.03 Å². The van der Waals surface area contributed by atoms with E-state index < -0.39 is 10.0 Å². The van der Waals surface area contributed by atoms with Crippen LogP contribution in [0.1, 0.15) is 50.4 Å². The summed E-state index contributed by atoms with van der Waals surface area (Å²) in [6.07, 6.45) is 3.99. The maximum atomic E-state index is 12.9. The average Bonchev–Trinajstić information content (AvgIpc) is 2.98. The van der Waals surface area contributed by atoms with E-state index in [1.54, 1.807) is 0 Å². The van der Waals surface area contributed by atoms with E-state index in [0.29, 0.717) is 32.1 Å². The van der Waals surface area contributed by atoms with Gasteiger partial charge in [-0.1, -0.05) is 13.8 Å². The maximum Gasteiger partial charge on any atom is 0.263 e. The van der Waals surface area contributed by atoms with E-state index in [1.807, 2.05) is 13.8 Å². The standard InChI is InChI=1S/C15H26N4O3S/c1-4-8-16-14(20)13-11-18(5-2)17-15(13)23(21,22)19-9-6-12(3)7-10-19/h11-12H,4-10H2,1-3H3,(H,16,20). The summed E-state index contributed by atoms with van der Waals surface area (Å²) >= 11 is 0. The molecule has 0 saturated carbocycles.